The molecule has 13 heteroatoms. The van der Waals surface area contributed by atoms with Gasteiger partial charge in [-0.3, -0.25) is 19.9 Å². The van der Waals surface area contributed by atoms with Crippen LogP contribution in [0.15, 0.2) is 59.1 Å². The van der Waals surface area contributed by atoms with Crippen LogP contribution in [0.5, 0.6) is 0 Å². The number of benzene rings is 2. The average molecular weight is 587 g/mol. The molecule has 1 aliphatic rings. The van der Waals surface area contributed by atoms with Gasteiger partial charge >= 0.3 is 5.97 Å². The molecule has 0 saturated carbocycles. The van der Waals surface area contributed by atoms with Crippen LogP contribution in [0.2, 0.25) is 0 Å². The van der Waals surface area contributed by atoms with Gasteiger partial charge in [-0.05, 0) is 70.4 Å². The van der Waals surface area contributed by atoms with Crippen molar-refractivity contribution >= 4 is 39.4 Å². The van der Waals surface area contributed by atoms with Crippen LogP contribution in [-0.2, 0) is 40.5 Å². The highest BCUT2D eigenvalue weighted by atomic mass is 32.2. The molecule has 41 heavy (non-hydrogen) atoms. The molecule has 1 saturated heterocycles. The number of aliphatic carboxylic acids is 1. The zero-order valence-corrected chi connectivity index (χ0v) is 24.1. The van der Waals surface area contributed by atoms with Crippen LogP contribution in [0.25, 0.3) is 0 Å². The van der Waals surface area contributed by atoms with E-state index in [1.807, 2.05) is 6.92 Å². The standard InChI is InChI=1S/C28H34N4O8S/c1-18-7-13-21(14-8-18)41(38,39)32-15-5-6-24(32)26(35)30-22(27(36)37)16-19-9-11-20(12-10-19)29-25(34)23(17-33)31-40-28(2,3)4/h7-14,22,24,31H,5-6,15-16H2,1-4H3,(H,29,34)(H,30,35)(H,36,37)/t22-,24-/m0/s1. The van der Waals surface area contributed by atoms with Gasteiger partial charge in [0.25, 0.3) is 5.91 Å². The third kappa shape index (κ3) is 8.48. The number of rotatable bonds is 11. The van der Waals surface area contributed by atoms with E-state index in [9.17, 15) is 32.7 Å². The Labute approximate surface area is 238 Å². The van der Waals surface area contributed by atoms with Crippen molar-refractivity contribution in [3.8, 4) is 0 Å². The Morgan fingerprint density at radius 3 is 2.29 bits per heavy atom. The lowest BCUT2D eigenvalue weighted by Gasteiger charge is -2.25. The summed E-state index contributed by atoms with van der Waals surface area (Å²) < 4.78 is 27.5. The van der Waals surface area contributed by atoms with Gasteiger partial charge in [0, 0.05) is 18.7 Å². The number of anilines is 1. The first kappa shape index (κ1) is 31.5. The number of hydroxylamine groups is 1. The maximum atomic E-state index is 13.2. The Morgan fingerprint density at radius 1 is 1.10 bits per heavy atom. The van der Waals surface area contributed by atoms with Gasteiger partial charge in [0.1, 0.15) is 12.1 Å². The first-order chi connectivity index (χ1) is 19.2. The maximum absolute atomic E-state index is 13.2. The molecule has 2 atom stereocenters. The van der Waals surface area contributed by atoms with E-state index in [-0.39, 0.29) is 24.3 Å². The lowest BCUT2D eigenvalue weighted by Crippen LogP contribution is -2.51. The van der Waals surface area contributed by atoms with E-state index in [0.29, 0.717) is 17.7 Å². The molecular formula is C28H34N4O8S. The van der Waals surface area contributed by atoms with E-state index in [1.165, 1.54) is 30.2 Å². The summed E-state index contributed by atoms with van der Waals surface area (Å²) in [5.74, 6) is -1.27. The van der Waals surface area contributed by atoms with E-state index in [2.05, 4.69) is 16.1 Å². The summed E-state index contributed by atoms with van der Waals surface area (Å²) in [5.41, 5.74) is 2.91. The van der Waals surface area contributed by atoms with Gasteiger partial charge in [0.15, 0.2) is 5.94 Å². The zero-order valence-electron chi connectivity index (χ0n) is 23.3. The molecule has 0 aliphatic carbocycles. The fourth-order valence-electron chi connectivity index (χ4n) is 4.07. The molecule has 2 aromatic carbocycles. The van der Waals surface area contributed by atoms with Gasteiger partial charge in [-0.15, -0.1) is 0 Å². The summed E-state index contributed by atoms with van der Waals surface area (Å²) in [5, 5.41) is 14.8. The summed E-state index contributed by atoms with van der Waals surface area (Å²) in [6.45, 7) is 7.16. The van der Waals surface area contributed by atoms with Crippen molar-refractivity contribution in [2.45, 2.75) is 69.5 Å². The molecule has 1 fully saturated rings. The van der Waals surface area contributed by atoms with Gasteiger partial charge in [-0.1, -0.05) is 29.8 Å². The fraction of sp³-hybridized carbons (Fsp3) is 0.393. The number of aryl methyl sites for hydroxylation is 1. The Balaban J connectivity index is 1.65. The number of carbonyl (C=O) groups excluding carboxylic acids is 3. The van der Waals surface area contributed by atoms with Crippen molar-refractivity contribution in [2.75, 3.05) is 11.9 Å². The van der Waals surface area contributed by atoms with Gasteiger partial charge in [-0.2, -0.15) is 4.31 Å². The number of nitrogens with zero attached hydrogens (tertiary/aromatic N) is 1. The van der Waals surface area contributed by atoms with Gasteiger partial charge < -0.3 is 15.7 Å². The van der Waals surface area contributed by atoms with Crippen molar-refractivity contribution < 1.29 is 37.5 Å². The Morgan fingerprint density at radius 2 is 1.73 bits per heavy atom. The number of hydrogen-bond donors (Lipinski definition) is 4. The fourth-order valence-corrected chi connectivity index (χ4v) is 5.73. The first-order valence-corrected chi connectivity index (χ1v) is 14.4. The second kappa shape index (κ2) is 13.1. The predicted molar refractivity (Wildman–Crippen MR) is 150 cm³/mol. The summed E-state index contributed by atoms with van der Waals surface area (Å²) in [6, 6.07) is 10.1. The highest BCUT2D eigenvalue weighted by molar-refractivity contribution is 7.89. The second-order valence-electron chi connectivity index (χ2n) is 10.6. The lowest BCUT2D eigenvalue weighted by molar-refractivity contribution is -0.142. The number of carboxylic acids is 1. The summed E-state index contributed by atoms with van der Waals surface area (Å²) in [7, 11) is -3.95. The van der Waals surface area contributed by atoms with Crippen LogP contribution < -0.4 is 16.1 Å². The summed E-state index contributed by atoms with van der Waals surface area (Å²) in [6.07, 6.45) is 0.644. The molecule has 12 nitrogen and oxygen atoms in total. The van der Waals surface area contributed by atoms with Gasteiger partial charge in [-0.25, -0.2) is 18.0 Å². The van der Waals surface area contributed by atoms with E-state index < -0.39 is 51.2 Å². The lowest BCUT2D eigenvalue weighted by atomic mass is 10.0. The number of carboxylic acid groups (broad SMARTS) is 1. The smallest absolute Gasteiger partial charge is 0.326 e. The molecule has 220 valence electrons. The van der Waals surface area contributed by atoms with Crippen molar-refractivity contribution in [1.82, 2.24) is 15.1 Å². The number of hydrogen-bond acceptors (Lipinski definition) is 8. The molecule has 0 radical (unpaired) electrons. The highest BCUT2D eigenvalue weighted by Crippen LogP contribution is 2.26. The minimum absolute atomic E-state index is 0.0676. The van der Waals surface area contributed by atoms with Crippen LogP contribution in [0, 0.1) is 6.92 Å². The molecule has 0 bridgehead atoms. The first-order valence-electron chi connectivity index (χ1n) is 12.9. The third-order valence-electron chi connectivity index (χ3n) is 6.19. The number of sulfonamides is 1. The Bertz CT molecular complexity index is 1430. The maximum Gasteiger partial charge on any atom is 0.326 e. The number of amides is 2. The highest BCUT2D eigenvalue weighted by Gasteiger charge is 2.40. The van der Waals surface area contributed by atoms with Gasteiger partial charge in [0.05, 0.1) is 10.5 Å². The van der Waals surface area contributed by atoms with E-state index >= 15 is 0 Å². The second-order valence-corrected chi connectivity index (χ2v) is 12.5. The zero-order chi connectivity index (χ0) is 30.4. The molecule has 2 amide bonds. The van der Waals surface area contributed by atoms with Crippen LogP contribution in [-0.4, -0.2) is 65.8 Å². The Hall–Kier alpha value is -4.03. The molecule has 1 heterocycles. The predicted octanol–water partition coefficient (Wildman–Crippen LogP) is 1.93. The van der Waals surface area contributed by atoms with Crippen molar-refractivity contribution in [1.29, 1.82) is 0 Å². The minimum Gasteiger partial charge on any atom is -0.480 e. The molecule has 1 aliphatic heterocycles. The van der Waals surface area contributed by atoms with Crippen LogP contribution in [0.4, 0.5) is 5.69 Å². The normalized spacial score (nSPS) is 16.3. The van der Waals surface area contributed by atoms with Crippen LogP contribution >= 0.6 is 0 Å². The van der Waals surface area contributed by atoms with Crippen molar-refractivity contribution in [3.05, 3.63) is 65.4 Å². The molecule has 2 aromatic rings. The van der Waals surface area contributed by atoms with E-state index in [1.54, 1.807) is 45.0 Å². The number of nitrogens with one attached hydrogen (secondary N) is 3. The molecule has 4 N–H and O–H groups in total. The SMILES string of the molecule is Cc1ccc(S(=O)(=O)N2CCC[C@H]2C(=O)N[C@@H](Cc2ccc(NC(=O)C(=C=O)NOC(C)(C)C)cc2)C(=O)O)cc1. The molecular weight excluding hydrogens is 552 g/mol. The quantitative estimate of drug-likeness (QED) is 0.174. The summed E-state index contributed by atoms with van der Waals surface area (Å²) in [4.78, 5) is 53.8. The number of carbonyl (C=O) groups is 3. The average Bonchev–Trinajstić information content (AvgIpc) is 3.40. The van der Waals surface area contributed by atoms with E-state index in [4.69, 9.17) is 4.84 Å². The minimum atomic E-state index is -3.95. The van der Waals surface area contributed by atoms with Gasteiger partial charge in [0.2, 0.25) is 21.6 Å². The van der Waals surface area contributed by atoms with Crippen LogP contribution in [0.3, 0.4) is 0 Å². The topological polar surface area (TPSA) is 171 Å². The largest absolute Gasteiger partial charge is 0.480 e. The molecule has 0 spiro atoms. The monoisotopic (exact) mass is 586 g/mol. The summed E-state index contributed by atoms with van der Waals surface area (Å²) >= 11 is 0. The Kier molecular flexibility index (Phi) is 10.1. The molecule has 0 unspecified atom stereocenters. The van der Waals surface area contributed by atoms with E-state index in [0.717, 1.165) is 9.87 Å². The molecule has 0 aromatic heterocycles. The molecule has 3 rings (SSSR count). The van der Waals surface area contributed by atoms with Crippen molar-refractivity contribution in [2.24, 2.45) is 0 Å². The van der Waals surface area contributed by atoms with Crippen molar-refractivity contribution in [3.63, 3.8) is 0 Å². The third-order valence-corrected chi connectivity index (χ3v) is 8.11. The van der Waals surface area contributed by atoms with Crippen LogP contribution in [0.1, 0.15) is 44.7 Å².